The highest BCUT2D eigenvalue weighted by Gasteiger charge is 2.16. The molecule has 0 radical (unpaired) electrons. The van der Waals surface area contributed by atoms with Gasteiger partial charge in [-0.15, -0.1) is 0 Å². The molecule has 2 aromatic heterocycles. The summed E-state index contributed by atoms with van der Waals surface area (Å²) in [5.41, 5.74) is -0.345. The number of rotatable bonds is 6. The summed E-state index contributed by atoms with van der Waals surface area (Å²) in [5, 5.41) is 3.17. The molecule has 0 aliphatic rings. The number of aromatic nitrogens is 3. The molecule has 0 bridgehead atoms. The summed E-state index contributed by atoms with van der Waals surface area (Å²) in [4.78, 5) is 43.0. The highest BCUT2D eigenvalue weighted by atomic mass is 16.2. The van der Waals surface area contributed by atoms with Crippen LogP contribution < -0.4 is 16.6 Å². The zero-order valence-corrected chi connectivity index (χ0v) is 15.4. The van der Waals surface area contributed by atoms with E-state index in [2.05, 4.69) is 29.0 Å². The van der Waals surface area contributed by atoms with Gasteiger partial charge >= 0.3 is 5.69 Å². The SMILES string of the molecule is CCN(CC)C[C@H](C)NC(=O)c1cnc2c(c1)c(=O)n(C)c(=O)n2C. The van der Waals surface area contributed by atoms with Crippen LogP contribution >= 0.6 is 0 Å². The van der Waals surface area contributed by atoms with Gasteiger partial charge in [-0.25, -0.2) is 9.78 Å². The summed E-state index contributed by atoms with van der Waals surface area (Å²) in [6.07, 6.45) is 1.39. The Kier molecular flexibility index (Phi) is 5.73. The second-order valence-electron chi connectivity index (χ2n) is 6.16. The number of hydrogen-bond acceptors (Lipinski definition) is 5. The van der Waals surface area contributed by atoms with Crippen LogP contribution in [0.25, 0.3) is 11.0 Å². The maximum Gasteiger partial charge on any atom is 0.332 e. The zero-order valence-electron chi connectivity index (χ0n) is 15.4. The molecule has 2 aromatic rings. The topological polar surface area (TPSA) is 89.2 Å². The molecule has 0 aliphatic carbocycles. The fourth-order valence-electron chi connectivity index (χ4n) is 2.81. The van der Waals surface area contributed by atoms with E-state index in [4.69, 9.17) is 0 Å². The van der Waals surface area contributed by atoms with Gasteiger partial charge in [0.25, 0.3) is 11.5 Å². The molecule has 25 heavy (non-hydrogen) atoms. The van der Waals surface area contributed by atoms with Crippen LogP contribution in [-0.4, -0.2) is 50.6 Å². The van der Waals surface area contributed by atoms with Crippen LogP contribution in [0.5, 0.6) is 0 Å². The number of aryl methyl sites for hydroxylation is 1. The summed E-state index contributed by atoms with van der Waals surface area (Å²) in [7, 11) is 2.95. The molecule has 2 rings (SSSR count). The Hall–Kier alpha value is -2.48. The third kappa shape index (κ3) is 3.79. The molecule has 0 fully saturated rings. The predicted molar refractivity (Wildman–Crippen MR) is 96.9 cm³/mol. The lowest BCUT2D eigenvalue weighted by Gasteiger charge is -2.23. The average Bonchev–Trinajstić information content (AvgIpc) is 2.61. The number of nitrogens with one attached hydrogen (secondary N) is 1. The van der Waals surface area contributed by atoms with Gasteiger partial charge in [0.05, 0.1) is 10.9 Å². The van der Waals surface area contributed by atoms with E-state index in [0.717, 1.165) is 24.2 Å². The van der Waals surface area contributed by atoms with Crippen molar-refractivity contribution < 1.29 is 4.79 Å². The predicted octanol–water partition coefficient (Wildman–Crippen LogP) is 0.0923. The van der Waals surface area contributed by atoms with Crippen molar-refractivity contribution in [1.29, 1.82) is 0 Å². The third-order valence-electron chi connectivity index (χ3n) is 4.36. The monoisotopic (exact) mass is 347 g/mol. The highest BCUT2D eigenvalue weighted by Crippen LogP contribution is 2.08. The number of carbonyl (C=O) groups is 1. The first-order chi connectivity index (χ1) is 11.8. The molecule has 0 aromatic carbocycles. The maximum absolute atomic E-state index is 12.5. The van der Waals surface area contributed by atoms with Gasteiger partial charge in [-0.05, 0) is 26.1 Å². The molecule has 8 nitrogen and oxygen atoms in total. The first-order valence-electron chi connectivity index (χ1n) is 8.39. The maximum atomic E-state index is 12.5. The van der Waals surface area contributed by atoms with Crippen molar-refractivity contribution in [2.45, 2.75) is 26.8 Å². The van der Waals surface area contributed by atoms with Crippen LogP contribution in [-0.2, 0) is 14.1 Å². The summed E-state index contributed by atoms with van der Waals surface area (Å²) in [5.74, 6) is -0.287. The van der Waals surface area contributed by atoms with E-state index in [1.165, 1.54) is 23.9 Å². The highest BCUT2D eigenvalue weighted by molar-refractivity contribution is 5.96. The second kappa shape index (κ2) is 7.60. The van der Waals surface area contributed by atoms with Crippen molar-refractivity contribution in [3.8, 4) is 0 Å². The van der Waals surface area contributed by atoms with Crippen LogP contribution in [0.1, 0.15) is 31.1 Å². The normalized spacial score (nSPS) is 12.6. The Balaban J connectivity index is 2.31. The van der Waals surface area contributed by atoms with Crippen molar-refractivity contribution in [1.82, 2.24) is 24.3 Å². The summed E-state index contributed by atoms with van der Waals surface area (Å²) in [6, 6.07) is 1.45. The smallest absolute Gasteiger partial charge is 0.332 e. The van der Waals surface area contributed by atoms with Crippen molar-refractivity contribution in [2.75, 3.05) is 19.6 Å². The van der Waals surface area contributed by atoms with Crippen LogP contribution in [0.4, 0.5) is 0 Å². The average molecular weight is 347 g/mol. The Morgan fingerprint density at radius 1 is 1.24 bits per heavy atom. The van der Waals surface area contributed by atoms with Gasteiger partial charge in [0.1, 0.15) is 5.65 Å². The van der Waals surface area contributed by atoms with E-state index in [-0.39, 0.29) is 23.0 Å². The van der Waals surface area contributed by atoms with E-state index < -0.39 is 11.2 Å². The quantitative estimate of drug-likeness (QED) is 0.800. The van der Waals surface area contributed by atoms with E-state index in [1.54, 1.807) is 7.05 Å². The first kappa shape index (κ1) is 18.9. The fraction of sp³-hybridized carbons (Fsp3) is 0.529. The molecule has 0 aliphatic heterocycles. The van der Waals surface area contributed by atoms with Gasteiger partial charge in [0, 0.05) is 32.9 Å². The van der Waals surface area contributed by atoms with Gasteiger partial charge in [-0.1, -0.05) is 13.8 Å². The number of amides is 1. The Morgan fingerprint density at radius 3 is 2.48 bits per heavy atom. The number of hydrogen-bond donors (Lipinski definition) is 1. The number of pyridine rings is 1. The van der Waals surface area contributed by atoms with E-state index in [1.807, 2.05) is 6.92 Å². The summed E-state index contributed by atoms with van der Waals surface area (Å²) >= 11 is 0. The van der Waals surface area contributed by atoms with E-state index in [0.29, 0.717) is 5.56 Å². The molecule has 0 saturated heterocycles. The Labute approximate surface area is 146 Å². The Morgan fingerprint density at radius 2 is 1.88 bits per heavy atom. The second-order valence-corrected chi connectivity index (χ2v) is 6.16. The number of nitrogens with zero attached hydrogens (tertiary/aromatic N) is 4. The molecular formula is C17H25N5O3. The van der Waals surface area contributed by atoms with Crippen LogP contribution in [0.2, 0.25) is 0 Å². The lowest BCUT2D eigenvalue weighted by Crippen LogP contribution is -2.42. The van der Waals surface area contributed by atoms with Crippen molar-refractivity contribution in [3.05, 3.63) is 38.7 Å². The first-order valence-corrected chi connectivity index (χ1v) is 8.39. The minimum atomic E-state index is -0.462. The lowest BCUT2D eigenvalue weighted by molar-refractivity contribution is 0.0930. The van der Waals surface area contributed by atoms with Crippen molar-refractivity contribution in [3.63, 3.8) is 0 Å². The van der Waals surface area contributed by atoms with Crippen LogP contribution in [0, 0.1) is 0 Å². The van der Waals surface area contributed by atoms with Gasteiger partial charge in [0.15, 0.2) is 0 Å². The van der Waals surface area contributed by atoms with Crippen molar-refractivity contribution >= 4 is 16.9 Å². The fourth-order valence-corrected chi connectivity index (χ4v) is 2.81. The van der Waals surface area contributed by atoms with Crippen LogP contribution in [0.3, 0.4) is 0 Å². The minimum absolute atomic E-state index is 0.0361. The molecule has 1 N–H and O–H groups in total. The molecule has 0 unspecified atom stereocenters. The lowest BCUT2D eigenvalue weighted by atomic mass is 10.2. The number of likely N-dealkylation sites (N-methyl/N-ethyl adjacent to an activating group) is 1. The molecule has 136 valence electrons. The molecule has 0 saturated carbocycles. The molecule has 2 heterocycles. The molecule has 1 amide bonds. The largest absolute Gasteiger partial charge is 0.348 e. The number of fused-ring (bicyclic) bond motifs is 1. The van der Waals surface area contributed by atoms with Gasteiger partial charge in [-0.2, -0.15) is 0 Å². The third-order valence-corrected chi connectivity index (χ3v) is 4.36. The number of carbonyl (C=O) groups excluding carboxylic acids is 1. The molecule has 8 heteroatoms. The minimum Gasteiger partial charge on any atom is -0.348 e. The van der Waals surface area contributed by atoms with Gasteiger partial charge < -0.3 is 10.2 Å². The standard InChI is InChI=1S/C17H25N5O3/c1-6-22(7-2)10-11(3)19-15(23)12-8-13-14(18-9-12)20(4)17(25)21(5)16(13)24/h8-9,11H,6-7,10H2,1-5H3,(H,19,23)/t11-/m0/s1. The van der Waals surface area contributed by atoms with E-state index in [9.17, 15) is 14.4 Å². The Bertz CT molecular complexity index is 896. The van der Waals surface area contributed by atoms with Gasteiger partial charge in [0.2, 0.25) is 0 Å². The van der Waals surface area contributed by atoms with Gasteiger partial charge in [-0.3, -0.25) is 18.7 Å². The molecule has 1 atom stereocenters. The molecular weight excluding hydrogens is 322 g/mol. The summed E-state index contributed by atoms with van der Waals surface area (Å²) < 4.78 is 2.30. The van der Waals surface area contributed by atoms with Crippen LogP contribution in [0.15, 0.2) is 21.9 Å². The summed E-state index contributed by atoms with van der Waals surface area (Å²) in [6.45, 7) is 8.66. The zero-order chi connectivity index (χ0) is 18.7. The van der Waals surface area contributed by atoms with Crippen molar-refractivity contribution in [2.24, 2.45) is 14.1 Å². The van der Waals surface area contributed by atoms with E-state index >= 15 is 0 Å². The molecule has 0 spiro atoms.